The Hall–Kier alpha value is -1.14. The Kier molecular flexibility index (Phi) is 11.1. The van der Waals surface area contributed by atoms with Gasteiger partial charge in [0.1, 0.15) is 11.2 Å². The zero-order valence-electron chi connectivity index (χ0n) is 25.6. The Morgan fingerprint density at radius 2 is 0.974 bits per heavy atom. The quantitative estimate of drug-likeness (QED) is 0.301. The largest absolute Gasteiger partial charge is 0.459 e. The lowest BCUT2D eigenvalue weighted by Gasteiger charge is -2.38. The molecule has 6 heteroatoms. The first-order valence-electron chi connectivity index (χ1n) is 16.2. The number of hydrogen-bond acceptors (Lipinski definition) is 6. The predicted octanol–water partition coefficient (Wildman–Crippen LogP) is 7.40. The van der Waals surface area contributed by atoms with Crippen molar-refractivity contribution in [2.45, 2.75) is 168 Å². The maximum Gasteiger partial charge on any atom is 0.313 e. The lowest BCUT2D eigenvalue weighted by atomic mass is 9.65. The van der Waals surface area contributed by atoms with Crippen LogP contribution in [0.25, 0.3) is 0 Å². The Balaban J connectivity index is 0.000000956. The van der Waals surface area contributed by atoms with E-state index in [9.17, 15) is 9.59 Å². The Morgan fingerprint density at radius 3 is 1.26 bits per heavy atom. The number of esters is 2. The van der Waals surface area contributed by atoms with Crippen molar-refractivity contribution < 1.29 is 28.5 Å². The van der Waals surface area contributed by atoms with E-state index in [-0.39, 0.29) is 59.4 Å². The van der Waals surface area contributed by atoms with Crippen LogP contribution < -0.4 is 0 Å². The molecule has 3 aliphatic heterocycles. The third-order valence-corrected chi connectivity index (χ3v) is 10.1. The molecule has 220 valence electrons. The minimum Gasteiger partial charge on any atom is -0.459 e. The van der Waals surface area contributed by atoms with E-state index in [1.807, 2.05) is 27.7 Å². The molecule has 0 aromatic carbocycles. The normalized spacial score (nSPS) is 37.5. The van der Waals surface area contributed by atoms with Crippen molar-refractivity contribution in [3.63, 3.8) is 0 Å². The summed E-state index contributed by atoms with van der Waals surface area (Å²) in [5.74, 6) is -1.38. The van der Waals surface area contributed by atoms with Crippen LogP contribution in [0.15, 0.2) is 0 Å². The fraction of sp³-hybridized carbons (Fsp3) is 0.938. The topological polar surface area (TPSA) is 71.1 Å². The Morgan fingerprint density at radius 1 is 0.632 bits per heavy atom. The van der Waals surface area contributed by atoms with Gasteiger partial charge in [0.15, 0.2) is 0 Å². The number of carbonyl (C=O) groups is 2. The SMILES string of the molecule is CC.CC.CCC1OC(CC)C2C3OC(C(C(=O)OC4(CC)CCCC4)C3C(=O)OC3(CC)CCCC3)C12. The van der Waals surface area contributed by atoms with Crippen LogP contribution in [0, 0.1) is 23.7 Å². The van der Waals surface area contributed by atoms with Crippen molar-refractivity contribution in [3.05, 3.63) is 0 Å². The molecule has 0 radical (unpaired) electrons. The maximum absolute atomic E-state index is 13.8. The van der Waals surface area contributed by atoms with Gasteiger partial charge in [0, 0.05) is 11.8 Å². The molecule has 3 heterocycles. The second kappa shape index (κ2) is 13.5. The number of fused-ring (bicyclic) bond motifs is 5. The second-order valence-corrected chi connectivity index (χ2v) is 11.6. The van der Waals surface area contributed by atoms with E-state index >= 15 is 0 Å². The van der Waals surface area contributed by atoms with Crippen LogP contribution in [-0.2, 0) is 28.5 Å². The van der Waals surface area contributed by atoms with E-state index in [2.05, 4.69) is 27.7 Å². The zero-order chi connectivity index (χ0) is 28.1. The first-order chi connectivity index (χ1) is 18.4. The van der Waals surface area contributed by atoms with Gasteiger partial charge in [-0.25, -0.2) is 0 Å². The molecule has 2 aliphatic carbocycles. The highest BCUT2D eigenvalue weighted by Gasteiger charge is 2.70. The van der Waals surface area contributed by atoms with Crippen LogP contribution in [0.4, 0.5) is 0 Å². The molecule has 0 aromatic rings. The minimum absolute atomic E-state index is 0.0700. The molecule has 0 aromatic heterocycles. The first-order valence-corrected chi connectivity index (χ1v) is 16.2. The molecule has 6 nitrogen and oxygen atoms in total. The molecule has 0 amide bonds. The van der Waals surface area contributed by atoms with E-state index in [0.717, 1.165) is 77.0 Å². The van der Waals surface area contributed by atoms with E-state index in [0.29, 0.717) is 0 Å². The predicted molar refractivity (Wildman–Crippen MR) is 150 cm³/mol. The lowest BCUT2D eigenvalue weighted by Crippen LogP contribution is -2.51. The molecule has 3 saturated heterocycles. The van der Waals surface area contributed by atoms with Gasteiger partial charge in [-0.05, 0) is 77.0 Å². The van der Waals surface area contributed by atoms with Crippen molar-refractivity contribution in [1.29, 1.82) is 0 Å². The monoisotopic (exact) mass is 536 g/mol. The summed E-state index contributed by atoms with van der Waals surface area (Å²) in [7, 11) is 0. The number of carbonyl (C=O) groups excluding carboxylic acids is 2. The van der Waals surface area contributed by atoms with Crippen molar-refractivity contribution in [2.75, 3.05) is 0 Å². The molecule has 8 atom stereocenters. The highest BCUT2D eigenvalue weighted by Crippen LogP contribution is 2.58. The summed E-state index contributed by atoms with van der Waals surface area (Å²) < 4.78 is 25.6. The van der Waals surface area contributed by atoms with Gasteiger partial charge in [-0.1, -0.05) is 55.4 Å². The number of rotatable bonds is 8. The summed E-state index contributed by atoms with van der Waals surface area (Å²) in [4.78, 5) is 27.7. The van der Waals surface area contributed by atoms with Gasteiger partial charge in [-0.3, -0.25) is 9.59 Å². The molecule has 38 heavy (non-hydrogen) atoms. The van der Waals surface area contributed by atoms with Gasteiger partial charge in [-0.15, -0.1) is 0 Å². The molecule has 2 saturated carbocycles. The third kappa shape index (κ3) is 5.55. The summed E-state index contributed by atoms with van der Waals surface area (Å²) in [5, 5.41) is 0. The van der Waals surface area contributed by atoms with Gasteiger partial charge in [0.05, 0.1) is 36.3 Å². The summed E-state index contributed by atoms with van der Waals surface area (Å²) in [6.07, 6.45) is 10.9. The van der Waals surface area contributed by atoms with Gasteiger partial charge < -0.3 is 18.9 Å². The molecule has 2 bridgehead atoms. The average Bonchev–Trinajstić information content (AvgIpc) is 3.78. The van der Waals surface area contributed by atoms with Gasteiger partial charge >= 0.3 is 11.9 Å². The lowest BCUT2D eigenvalue weighted by molar-refractivity contribution is -0.180. The summed E-state index contributed by atoms with van der Waals surface area (Å²) in [5.41, 5.74) is -0.768. The maximum atomic E-state index is 13.8. The highest BCUT2D eigenvalue weighted by molar-refractivity contribution is 5.85. The van der Waals surface area contributed by atoms with Crippen molar-refractivity contribution in [2.24, 2.45) is 23.7 Å². The van der Waals surface area contributed by atoms with Crippen molar-refractivity contribution >= 4 is 11.9 Å². The van der Waals surface area contributed by atoms with Gasteiger partial charge in [0.25, 0.3) is 0 Å². The second-order valence-electron chi connectivity index (χ2n) is 11.6. The molecular formula is C32H56O6. The summed E-state index contributed by atoms with van der Waals surface area (Å²) in [6, 6.07) is 0. The van der Waals surface area contributed by atoms with E-state index in [1.165, 1.54) is 0 Å². The smallest absolute Gasteiger partial charge is 0.313 e. The van der Waals surface area contributed by atoms with E-state index < -0.39 is 11.8 Å². The fourth-order valence-electron chi connectivity index (χ4n) is 8.14. The van der Waals surface area contributed by atoms with Crippen LogP contribution in [0.2, 0.25) is 0 Å². The van der Waals surface area contributed by atoms with E-state index in [1.54, 1.807) is 0 Å². The van der Waals surface area contributed by atoms with Crippen LogP contribution >= 0.6 is 0 Å². The van der Waals surface area contributed by atoms with Crippen LogP contribution in [-0.4, -0.2) is 47.6 Å². The number of hydrogen-bond donors (Lipinski definition) is 0. The van der Waals surface area contributed by atoms with Crippen LogP contribution in [0.1, 0.15) is 132 Å². The number of ether oxygens (including phenoxy) is 4. The molecule has 0 N–H and O–H groups in total. The summed E-state index contributed by atoms with van der Waals surface area (Å²) in [6.45, 7) is 16.5. The van der Waals surface area contributed by atoms with Crippen LogP contribution in [0.3, 0.4) is 0 Å². The zero-order valence-corrected chi connectivity index (χ0v) is 25.6. The molecule has 5 aliphatic rings. The van der Waals surface area contributed by atoms with Crippen molar-refractivity contribution in [3.8, 4) is 0 Å². The molecular weight excluding hydrogens is 480 g/mol. The van der Waals surface area contributed by atoms with Gasteiger partial charge in [0.2, 0.25) is 0 Å². The van der Waals surface area contributed by atoms with Crippen molar-refractivity contribution in [1.82, 2.24) is 0 Å². The van der Waals surface area contributed by atoms with Gasteiger partial charge in [-0.2, -0.15) is 0 Å². The minimum atomic E-state index is -0.591. The van der Waals surface area contributed by atoms with Crippen LogP contribution in [0.5, 0.6) is 0 Å². The molecule has 0 spiro atoms. The third-order valence-electron chi connectivity index (χ3n) is 10.1. The first kappa shape index (κ1) is 31.4. The van der Waals surface area contributed by atoms with E-state index in [4.69, 9.17) is 18.9 Å². The average molecular weight is 537 g/mol. The fourth-order valence-corrected chi connectivity index (χ4v) is 8.14. The highest BCUT2D eigenvalue weighted by atomic mass is 16.6. The standard InChI is InChI=1S/C28H44O6.2C2H6/c1-5-17-19-20(18(6-2)31-17)24-22(26(30)34-28(8-4)15-11-12-16-28)21(23(19)32-24)25(29)33-27(7-3)13-9-10-14-27;2*1-2/h17-24H,5-16H2,1-4H3;2*1-2H3. The summed E-state index contributed by atoms with van der Waals surface area (Å²) >= 11 is 0. The Labute approximate surface area is 232 Å². The molecule has 5 rings (SSSR count). The Bertz CT molecular complexity index is 706. The molecule has 8 unspecified atom stereocenters. The molecule has 5 fully saturated rings.